The molecule has 1 N–H and O–H groups in total. The van der Waals surface area contributed by atoms with Crippen LogP contribution < -0.4 is 9.46 Å². The summed E-state index contributed by atoms with van der Waals surface area (Å²) in [7, 11) is -2.09. The molecule has 0 atom stereocenters. The summed E-state index contributed by atoms with van der Waals surface area (Å²) >= 11 is 0. The highest BCUT2D eigenvalue weighted by atomic mass is 32.2. The Bertz CT molecular complexity index is 946. The molecule has 0 saturated carbocycles. The summed E-state index contributed by atoms with van der Waals surface area (Å²) in [6.45, 7) is 2.57. The van der Waals surface area contributed by atoms with Crippen LogP contribution in [0.4, 0.5) is 6.01 Å². The molecule has 0 amide bonds. The van der Waals surface area contributed by atoms with Gasteiger partial charge in [0.05, 0.1) is 23.3 Å². The molecule has 25 heavy (non-hydrogen) atoms. The Labute approximate surface area is 144 Å². The number of nitrogens with one attached hydrogen (secondary N) is 1. The summed E-state index contributed by atoms with van der Waals surface area (Å²) in [6, 6.07) is 5.88. The zero-order chi connectivity index (χ0) is 17.9. The van der Waals surface area contributed by atoms with Crippen LogP contribution in [0.2, 0.25) is 0 Å². The van der Waals surface area contributed by atoms with Crippen molar-refractivity contribution in [3.05, 3.63) is 36.7 Å². The van der Waals surface area contributed by atoms with E-state index in [-0.39, 0.29) is 16.8 Å². The van der Waals surface area contributed by atoms with E-state index in [2.05, 4.69) is 20.0 Å². The van der Waals surface area contributed by atoms with Gasteiger partial charge >= 0.3 is 6.01 Å². The normalized spacial score (nSPS) is 11.4. The van der Waals surface area contributed by atoms with Gasteiger partial charge < -0.3 is 9.15 Å². The molecule has 2 heterocycles. The number of hydrogen-bond acceptors (Lipinski definition) is 7. The topological polar surface area (TPSA) is 112 Å². The number of ether oxygens (including phenoxy) is 1. The van der Waals surface area contributed by atoms with E-state index in [4.69, 9.17) is 9.15 Å². The summed E-state index contributed by atoms with van der Waals surface area (Å²) in [5.41, 5.74) is 0.595. The maximum atomic E-state index is 12.4. The monoisotopic (exact) mass is 363 g/mol. The van der Waals surface area contributed by atoms with E-state index in [9.17, 15) is 8.42 Å². The Balaban J connectivity index is 1.74. The first-order valence-corrected chi connectivity index (χ1v) is 9.04. The molecular weight excluding hydrogens is 346 g/mol. The van der Waals surface area contributed by atoms with Gasteiger partial charge in [-0.2, -0.15) is 5.10 Å². The molecule has 0 radical (unpaired) electrons. The number of anilines is 1. The molecule has 0 aliphatic carbocycles. The number of aromatic nitrogens is 4. The van der Waals surface area contributed by atoms with Crippen molar-refractivity contribution in [2.45, 2.75) is 18.2 Å². The van der Waals surface area contributed by atoms with Crippen molar-refractivity contribution in [2.75, 3.05) is 11.3 Å². The van der Waals surface area contributed by atoms with Gasteiger partial charge in [-0.15, -0.1) is 5.10 Å². The summed E-state index contributed by atoms with van der Waals surface area (Å²) in [4.78, 5) is 0.0671. The van der Waals surface area contributed by atoms with Crippen molar-refractivity contribution in [3.8, 4) is 17.2 Å². The van der Waals surface area contributed by atoms with Crippen LogP contribution in [0.1, 0.15) is 13.3 Å². The largest absolute Gasteiger partial charge is 0.494 e. The minimum Gasteiger partial charge on any atom is -0.494 e. The zero-order valence-corrected chi connectivity index (χ0v) is 14.5. The molecule has 3 aromatic rings. The molecule has 1 aromatic carbocycles. The lowest BCUT2D eigenvalue weighted by Crippen LogP contribution is -2.13. The fraction of sp³-hybridized carbons (Fsp3) is 0.267. The van der Waals surface area contributed by atoms with Gasteiger partial charge in [-0.25, -0.2) is 13.1 Å². The highest BCUT2D eigenvalue weighted by Gasteiger charge is 2.19. The van der Waals surface area contributed by atoms with Crippen molar-refractivity contribution < 1.29 is 17.6 Å². The number of rotatable bonds is 7. The smallest absolute Gasteiger partial charge is 0.330 e. The Morgan fingerprint density at radius 1 is 1.24 bits per heavy atom. The van der Waals surface area contributed by atoms with Crippen LogP contribution in [0.25, 0.3) is 11.5 Å². The molecule has 0 aliphatic rings. The molecule has 132 valence electrons. The maximum Gasteiger partial charge on any atom is 0.330 e. The third kappa shape index (κ3) is 3.97. The van der Waals surface area contributed by atoms with Crippen molar-refractivity contribution in [3.63, 3.8) is 0 Å². The average Bonchev–Trinajstić information content (AvgIpc) is 3.22. The molecule has 0 bridgehead atoms. The molecular formula is C15H17N5O4S. The second kappa shape index (κ2) is 6.93. The van der Waals surface area contributed by atoms with Gasteiger partial charge in [-0.05, 0) is 30.7 Å². The van der Waals surface area contributed by atoms with E-state index in [1.165, 1.54) is 12.1 Å². The molecule has 0 saturated heterocycles. The van der Waals surface area contributed by atoms with E-state index in [0.29, 0.717) is 17.9 Å². The fourth-order valence-electron chi connectivity index (χ4n) is 2.02. The lowest BCUT2D eigenvalue weighted by atomic mass is 10.3. The summed E-state index contributed by atoms with van der Waals surface area (Å²) < 4.78 is 39.4. The minimum atomic E-state index is -3.84. The Kier molecular flexibility index (Phi) is 4.70. The van der Waals surface area contributed by atoms with Gasteiger partial charge in [0.25, 0.3) is 15.9 Å². The summed E-state index contributed by atoms with van der Waals surface area (Å²) in [5.74, 6) is 0.784. The van der Waals surface area contributed by atoms with Crippen molar-refractivity contribution in [1.29, 1.82) is 0 Å². The SMILES string of the molecule is CCCOc1ccc(S(=O)(=O)Nc2nnc(-c3cnn(C)c3)o2)cc1. The second-order valence-corrected chi connectivity index (χ2v) is 6.92. The third-order valence-corrected chi connectivity index (χ3v) is 4.54. The number of hydrogen-bond donors (Lipinski definition) is 1. The van der Waals surface area contributed by atoms with E-state index in [1.807, 2.05) is 6.92 Å². The van der Waals surface area contributed by atoms with Gasteiger partial charge in [-0.3, -0.25) is 4.68 Å². The van der Waals surface area contributed by atoms with E-state index >= 15 is 0 Å². The van der Waals surface area contributed by atoms with Gasteiger partial charge in [0.1, 0.15) is 5.75 Å². The predicted octanol–water partition coefficient (Wildman–Crippen LogP) is 2.06. The summed E-state index contributed by atoms with van der Waals surface area (Å²) in [6.07, 6.45) is 4.10. The number of nitrogens with zero attached hydrogens (tertiary/aromatic N) is 4. The lowest BCUT2D eigenvalue weighted by molar-refractivity contribution is 0.317. The molecule has 0 fully saturated rings. The van der Waals surface area contributed by atoms with Gasteiger partial charge in [0.15, 0.2) is 0 Å². The van der Waals surface area contributed by atoms with Crippen LogP contribution in [0.3, 0.4) is 0 Å². The van der Waals surface area contributed by atoms with Crippen LogP contribution in [0, 0.1) is 0 Å². The molecule has 2 aromatic heterocycles. The fourth-order valence-corrected chi connectivity index (χ4v) is 2.95. The Morgan fingerprint density at radius 3 is 2.64 bits per heavy atom. The first-order chi connectivity index (χ1) is 12.0. The molecule has 0 aliphatic heterocycles. The number of sulfonamides is 1. The molecule has 9 nitrogen and oxygen atoms in total. The predicted molar refractivity (Wildman–Crippen MR) is 89.5 cm³/mol. The molecule has 3 rings (SSSR count). The first-order valence-electron chi connectivity index (χ1n) is 7.56. The van der Waals surface area contributed by atoms with Crippen LogP contribution in [0.15, 0.2) is 46.0 Å². The van der Waals surface area contributed by atoms with E-state index in [0.717, 1.165) is 6.42 Å². The third-order valence-electron chi connectivity index (χ3n) is 3.21. The van der Waals surface area contributed by atoms with Crippen molar-refractivity contribution in [2.24, 2.45) is 7.05 Å². The standard InChI is InChI=1S/C15H17N5O4S/c1-3-8-23-12-4-6-13(7-5-12)25(21,22)19-15-18-17-14(24-15)11-9-16-20(2)10-11/h4-7,9-10H,3,8H2,1-2H3,(H,18,19). The van der Waals surface area contributed by atoms with Crippen LogP contribution in [-0.4, -0.2) is 35.0 Å². The Hall–Kier alpha value is -2.88. The van der Waals surface area contributed by atoms with E-state index in [1.54, 1.807) is 36.3 Å². The average molecular weight is 363 g/mol. The molecule has 10 heteroatoms. The second-order valence-electron chi connectivity index (χ2n) is 5.24. The van der Waals surface area contributed by atoms with Crippen LogP contribution >= 0.6 is 0 Å². The molecule has 0 spiro atoms. The minimum absolute atomic E-state index is 0.0671. The van der Waals surface area contributed by atoms with Crippen molar-refractivity contribution >= 4 is 16.0 Å². The summed E-state index contributed by atoms with van der Waals surface area (Å²) in [5, 5.41) is 11.5. The zero-order valence-electron chi connectivity index (χ0n) is 13.7. The van der Waals surface area contributed by atoms with Gasteiger partial charge in [-0.1, -0.05) is 12.0 Å². The van der Waals surface area contributed by atoms with Gasteiger partial charge in [0, 0.05) is 13.2 Å². The first kappa shape index (κ1) is 17.0. The Morgan fingerprint density at radius 2 is 2.00 bits per heavy atom. The van der Waals surface area contributed by atoms with Crippen molar-refractivity contribution in [1.82, 2.24) is 20.0 Å². The number of benzene rings is 1. The highest BCUT2D eigenvalue weighted by Crippen LogP contribution is 2.22. The van der Waals surface area contributed by atoms with Crippen LogP contribution in [-0.2, 0) is 17.1 Å². The van der Waals surface area contributed by atoms with Crippen LogP contribution in [0.5, 0.6) is 5.75 Å². The number of aryl methyl sites for hydroxylation is 1. The maximum absolute atomic E-state index is 12.4. The van der Waals surface area contributed by atoms with Gasteiger partial charge in [0.2, 0.25) is 0 Å². The quantitative estimate of drug-likeness (QED) is 0.683. The highest BCUT2D eigenvalue weighted by molar-refractivity contribution is 7.92. The van der Waals surface area contributed by atoms with E-state index < -0.39 is 10.0 Å². The lowest BCUT2D eigenvalue weighted by Gasteiger charge is -2.06. The molecule has 0 unspecified atom stereocenters.